The molecule has 0 amide bonds. The van der Waals surface area contributed by atoms with Crippen molar-refractivity contribution in [2.45, 2.75) is 0 Å². The van der Waals surface area contributed by atoms with Crippen LogP contribution in [0.25, 0.3) is 10.8 Å². The molecule has 1 nitrogen and oxygen atoms in total. The van der Waals surface area contributed by atoms with Gasteiger partial charge in [-0.2, -0.15) is 0 Å². The third-order valence-electron chi connectivity index (χ3n) is 1.97. The van der Waals surface area contributed by atoms with E-state index in [-0.39, 0.29) is 6.61 Å². The Morgan fingerprint density at radius 1 is 1.14 bits per heavy atom. The highest BCUT2D eigenvalue weighted by molar-refractivity contribution is 5.83. The molecule has 2 aromatic carbocycles. The monoisotopic (exact) mass is 189 g/mol. The Kier molecular flexibility index (Phi) is 2.63. The predicted molar refractivity (Wildman–Crippen MR) is 54.3 cm³/mol. The van der Waals surface area contributed by atoms with Crippen molar-refractivity contribution in [1.29, 1.82) is 0 Å². The van der Waals surface area contributed by atoms with Crippen LogP contribution >= 0.6 is 0 Å². The van der Waals surface area contributed by atoms with E-state index in [1.54, 1.807) is 6.07 Å². The molecule has 0 heterocycles. The Morgan fingerprint density at radius 3 is 2.86 bits per heavy atom. The van der Waals surface area contributed by atoms with Crippen molar-refractivity contribution in [3.63, 3.8) is 0 Å². The summed E-state index contributed by atoms with van der Waals surface area (Å²) in [5, 5.41) is 2.10. The number of benzene rings is 2. The molecule has 0 N–H and O–H groups in total. The molecule has 2 aromatic rings. The third-order valence-corrected chi connectivity index (χ3v) is 1.97. The fourth-order valence-corrected chi connectivity index (χ4v) is 1.33. The zero-order valence-corrected chi connectivity index (χ0v) is 7.66. The fraction of sp³-hybridized carbons (Fsp3) is 0.167. The summed E-state index contributed by atoms with van der Waals surface area (Å²) >= 11 is 0. The van der Waals surface area contributed by atoms with E-state index >= 15 is 0 Å². The minimum Gasteiger partial charge on any atom is -0.490 e. The van der Waals surface area contributed by atoms with E-state index in [0.717, 1.165) is 10.8 Å². The van der Waals surface area contributed by atoms with Crippen molar-refractivity contribution in [2.24, 2.45) is 0 Å². The Balaban J connectivity index is 2.32. The molecule has 14 heavy (non-hydrogen) atoms. The first-order valence-corrected chi connectivity index (χ1v) is 4.50. The summed E-state index contributed by atoms with van der Waals surface area (Å²) in [7, 11) is 0. The quantitative estimate of drug-likeness (QED) is 0.721. The van der Waals surface area contributed by atoms with Gasteiger partial charge in [0.05, 0.1) is 0 Å². The standard InChI is InChI=1S/C12H10FO/c13-7-8-14-12-6-5-10-3-1-2-4-11(10)9-12/h1-6H,7-8H2. The van der Waals surface area contributed by atoms with Crippen LogP contribution in [0.4, 0.5) is 4.39 Å². The van der Waals surface area contributed by atoms with E-state index < -0.39 is 6.67 Å². The first-order chi connectivity index (χ1) is 6.90. The lowest BCUT2D eigenvalue weighted by molar-refractivity contribution is 0.273. The zero-order valence-electron chi connectivity index (χ0n) is 7.66. The van der Waals surface area contributed by atoms with Gasteiger partial charge < -0.3 is 4.74 Å². The third kappa shape index (κ3) is 1.84. The van der Waals surface area contributed by atoms with Gasteiger partial charge in [-0.15, -0.1) is 0 Å². The molecular formula is C12H10FO. The summed E-state index contributed by atoms with van der Waals surface area (Å²) in [6.45, 7) is -0.379. The number of rotatable bonds is 3. The number of hydrogen-bond donors (Lipinski definition) is 0. The summed E-state index contributed by atoms with van der Waals surface area (Å²) in [4.78, 5) is 0. The van der Waals surface area contributed by atoms with Crippen LogP contribution in [-0.2, 0) is 0 Å². The van der Waals surface area contributed by atoms with Gasteiger partial charge in [0.1, 0.15) is 19.0 Å². The maximum atomic E-state index is 11.9. The molecular weight excluding hydrogens is 179 g/mol. The molecule has 0 aliphatic rings. The van der Waals surface area contributed by atoms with Crippen molar-refractivity contribution in [3.05, 3.63) is 42.5 Å². The molecule has 0 aliphatic carbocycles. The predicted octanol–water partition coefficient (Wildman–Crippen LogP) is 2.99. The molecule has 71 valence electrons. The Morgan fingerprint density at radius 2 is 2.00 bits per heavy atom. The highest BCUT2D eigenvalue weighted by Gasteiger charge is 1.96. The molecule has 0 bridgehead atoms. The smallest absolute Gasteiger partial charge is 0.128 e. The van der Waals surface area contributed by atoms with E-state index in [4.69, 9.17) is 4.74 Å². The van der Waals surface area contributed by atoms with Gasteiger partial charge >= 0.3 is 0 Å². The Hall–Kier alpha value is -1.57. The molecule has 0 fully saturated rings. The molecule has 2 rings (SSSR count). The van der Waals surface area contributed by atoms with Crippen LogP contribution in [-0.4, -0.2) is 13.3 Å². The number of hydrogen-bond acceptors (Lipinski definition) is 1. The molecule has 1 radical (unpaired) electrons. The van der Waals surface area contributed by atoms with Gasteiger partial charge in [-0.1, -0.05) is 30.3 Å². The van der Waals surface area contributed by atoms with Crippen molar-refractivity contribution in [3.8, 4) is 5.75 Å². The summed E-state index contributed by atoms with van der Waals surface area (Å²) in [5.41, 5.74) is 0. The van der Waals surface area contributed by atoms with Gasteiger partial charge in [0.15, 0.2) is 0 Å². The van der Waals surface area contributed by atoms with Crippen LogP contribution in [0.1, 0.15) is 0 Å². The largest absolute Gasteiger partial charge is 0.490 e. The summed E-state index contributed by atoms with van der Waals surface area (Å²) in [6.07, 6.45) is 0. The number of halogens is 1. The van der Waals surface area contributed by atoms with E-state index in [1.807, 2.05) is 30.3 Å². The van der Waals surface area contributed by atoms with E-state index in [2.05, 4.69) is 6.07 Å². The van der Waals surface area contributed by atoms with Gasteiger partial charge in [0.2, 0.25) is 0 Å². The molecule has 0 atom stereocenters. The van der Waals surface area contributed by atoms with Crippen LogP contribution in [0.15, 0.2) is 36.4 Å². The maximum absolute atomic E-state index is 11.9. The van der Waals surface area contributed by atoms with E-state index in [0.29, 0.717) is 5.75 Å². The van der Waals surface area contributed by atoms with Gasteiger partial charge in [0.25, 0.3) is 0 Å². The Labute approximate surface area is 82.1 Å². The average molecular weight is 189 g/mol. The lowest BCUT2D eigenvalue weighted by Gasteiger charge is -2.03. The molecule has 0 spiro atoms. The normalized spacial score (nSPS) is 10.4. The van der Waals surface area contributed by atoms with Crippen LogP contribution in [0.3, 0.4) is 0 Å². The first-order valence-electron chi connectivity index (χ1n) is 4.50. The number of fused-ring (bicyclic) bond motifs is 1. The molecule has 0 saturated carbocycles. The van der Waals surface area contributed by atoms with Crippen LogP contribution < -0.4 is 4.74 Å². The minimum absolute atomic E-state index is 0.0921. The highest BCUT2D eigenvalue weighted by Crippen LogP contribution is 2.19. The molecule has 2 heteroatoms. The summed E-state index contributed by atoms with van der Waals surface area (Å²) < 4.78 is 17.0. The van der Waals surface area contributed by atoms with Crippen molar-refractivity contribution >= 4 is 10.8 Å². The lowest BCUT2D eigenvalue weighted by Crippen LogP contribution is -1.98. The highest BCUT2D eigenvalue weighted by atomic mass is 19.1. The first kappa shape index (κ1) is 9.00. The van der Waals surface area contributed by atoms with Crippen molar-refractivity contribution in [2.75, 3.05) is 13.3 Å². The Bertz CT molecular complexity index is 425. The topological polar surface area (TPSA) is 9.23 Å². The van der Waals surface area contributed by atoms with Crippen molar-refractivity contribution in [1.82, 2.24) is 0 Å². The van der Waals surface area contributed by atoms with Crippen LogP contribution in [0.2, 0.25) is 0 Å². The minimum atomic E-state index is -0.472. The van der Waals surface area contributed by atoms with Gasteiger partial charge in [-0.3, -0.25) is 0 Å². The summed E-state index contributed by atoms with van der Waals surface area (Å²) in [5.74, 6) is 0.598. The second-order valence-electron chi connectivity index (χ2n) is 2.95. The maximum Gasteiger partial charge on any atom is 0.128 e. The average Bonchev–Trinajstić information content (AvgIpc) is 2.26. The second kappa shape index (κ2) is 4.09. The molecule has 0 aromatic heterocycles. The van der Waals surface area contributed by atoms with Crippen molar-refractivity contribution < 1.29 is 9.13 Å². The zero-order chi connectivity index (χ0) is 9.80. The second-order valence-corrected chi connectivity index (χ2v) is 2.95. The van der Waals surface area contributed by atoms with Crippen LogP contribution in [0.5, 0.6) is 5.75 Å². The SMILES string of the molecule is FCCOc1[c]c2ccccc2cc1. The van der Waals surface area contributed by atoms with Gasteiger partial charge in [-0.25, -0.2) is 4.39 Å². The van der Waals surface area contributed by atoms with Gasteiger partial charge in [-0.05, 0) is 16.8 Å². The molecule has 0 unspecified atom stereocenters. The molecule has 0 saturated heterocycles. The van der Waals surface area contributed by atoms with E-state index in [1.165, 1.54) is 0 Å². The van der Waals surface area contributed by atoms with E-state index in [9.17, 15) is 4.39 Å². The fourth-order valence-electron chi connectivity index (χ4n) is 1.33. The summed E-state index contributed by atoms with van der Waals surface area (Å²) in [6, 6.07) is 14.7. The molecule has 0 aliphatic heterocycles. The van der Waals surface area contributed by atoms with Crippen LogP contribution in [0, 0.1) is 6.07 Å². The number of alkyl halides is 1. The van der Waals surface area contributed by atoms with Gasteiger partial charge in [0, 0.05) is 6.07 Å². The lowest BCUT2D eigenvalue weighted by atomic mass is 10.1. The number of ether oxygens (including phenoxy) is 1.